The molecule has 0 saturated carbocycles. The molecule has 146 valence electrons. The number of aromatic nitrogens is 1. The molecule has 27 heavy (non-hydrogen) atoms. The lowest BCUT2D eigenvalue weighted by molar-refractivity contribution is 0.143. The highest BCUT2D eigenvalue weighted by Gasteiger charge is 2.10. The maximum atomic E-state index is 5.70. The van der Waals surface area contributed by atoms with Gasteiger partial charge in [-0.1, -0.05) is 30.3 Å². The number of pyridine rings is 1. The van der Waals surface area contributed by atoms with Crippen molar-refractivity contribution in [1.82, 2.24) is 15.2 Å². The predicted octanol–water partition coefficient (Wildman–Crippen LogP) is 3.01. The maximum absolute atomic E-state index is 5.70. The molecule has 0 amide bonds. The quantitative estimate of drug-likeness (QED) is 0.418. The van der Waals surface area contributed by atoms with E-state index in [9.17, 15) is 0 Å². The van der Waals surface area contributed by atoms with E-state index in [1.165, 1.54) is 11.1 Å². The number of methoxy groups -OCH3 is 1. The molecule has 0 radical (unpaired) electrons. The lowest BCUT2D eigenvalue weighted by Crippen LogP contribution is -2.38. The minimum absolute atomic E-state index is 0.470. The molecule has 6 nitrogen and oxygen atoms in total. The van der Waals surface area contributed by atoms with Gasteiger partial charge in [-0.25, -0.2) is 9.98 Å². The molecule has 0 spiro atoms. The molecule has 0 atom stereocenters. The fraction of sp³-hybridized carbons (Fsp3) is 0.429. The predicted molar refractivity (Wildman–Crippen MR) is 109 cm³/mol. The Morgan fingerprint density at radius 1 is 1.15 bits per heavy atom. The number of nitrogens with zero attached hydrogens (tertiary/aromatic N) is 3. The van der Waals surface area contributed by atoms with E-state index in [0.29, 0.717) is 25.6 Å². The molecule has 1 aromatic heterocycles. The summed E-state index contributed by atoms with van der Waals surface area (Å²) in [4.78, 5) is 11.2. The Kier molecular flexibility index (Phi) is 8.58. The van der Waals surface area contributed by atoms with Crippen LogP contribution < -0.4 is 10.1 Å². The van der Waals surface area contributed by atoms with Crippen molar-refractivity contribution in [1.29, 1.82) is 0 Å². The number of hydrogen-bond donors (Lipinski definition) is 1. The largest absolute Gasteiger partial charge is 0.475 e. The Labute approximate surface area is 162 Å². The standard InChI is InChI=1S/C21H30N4O2/c1-5-22-21(25(3)16-19-10-7-6-9-17(19)2)24-15-18-11-8-12-23-20(18)27-14-13-26-4/h6-12H,5,13-16H2,1-4H3,(H,22,24). The zero-order valence-corrected chi connectivity index (χ0v) is 16.7. The molecule has 1 N–H and O–H groups in total. The summed E-state index contributed by atoms with van der Waals surface area (Å²) in [5, 5.41) is 3.36. The summed E-state index contributed by atoms with van der Waals surface area (Å²) in [7, 11) is 3.70. The van der Waals surface area contributed by atoms with Crippen LogP contribution in [0.2, 0.25) is 0 Å². The number of ether oxygens (including phenoxy) is 2. The molecule has 2 rings (SSSR count). The second kappa shape index (κ2) is 11.2. The average Bonchev–Trinajstić information content (AvgIpc) is 2.68. The van der Waals surface area contributed by atoms with Crippen LogP contribution in [0, 0.1) is 6.92 Å². The molecule has 2 aromatic rings. The third-order valence-corrected chi connectivity index (χ3v) is 4.14. The van der Waals surface area contributed by atoms with E-state index in [-0.39, 0.29) is 0 Å². The lowest BCUT2D eigenvalue weighted by atomic mass is 10.1. The Bertz CT molecular complexity index is 734. The number of guanidine groups is 1. The summed E-state index contributed by atoms with van der Waals surface area (Å²) < 4.78 is 10.7. The van der Waals surface area contributed by atoms with Crippen LogP contribution in [0.1, 0.15) is 23.6 Å². The molecule has 0 aliphatic carbocycles. The van der Waals surface area contributed by atoms with E-state index in [1.807, 2.05) is 19.2 Å². The SMILES string of the molecule is CCNC(=NCc1cccnc1OCCOC)N(C)Cc1ccccc1C. The summed E-state index contributed by atoms with van der Waals surface area (Å²) in [5.74, 6) is 1.46. The van der Waals surface area contributed by atoms with Crippen LogP contribution in [-0.4, -0.2) is 49.8 Å². The van der Waals surface area contributed by atoms with E-state index < -0.39 is 0 Å². The first-order valence-electron chi connectivity index (χ1n) is 9.25. The number of hydrogen-bond acceptors (Lipinski definition) is 4. The van der Waals surface area contributed by atoms with E-state index in [1.54, 1.807) is 13.3 Å². The molecule has 0 fully saturated rings. The number of rotatable bonds is 9. The zero-order valence-electron chi connectivity index (χ0n) is 16.7. The Balaban J connectivity index is 2.10. The van der Waals surface area contributed by atoms with Crippen LogP contribution in [0.4, 0.5) is 0 Å². The monoisotopic (exact) mass is 370 g/mol. The fourth-order valence-electron chi connectivity index (χ4n) is 2.64. The number of benzene rings is 1. The summed E-state index contributed by atoms with van der Waals surface area (Å²) in [6.45, 7) is 7.30. The van der Waals surface area contributed by atoms with Crippen LogP contribution in [0.3, 0.4) is 0 Å². The van der Waals surface area contributed by atoms with Gasteiger partial charge in [0, 0.05) is 39.0 Å². The molecule has 0 aliphatic heterocycles. The molecule has 0 aliphatic rings. The number of aliphatic imine (C=N–C) groups is 1. The molecule has 0 saturated heterocycles. The minimum atomic E-state index is 0.470. The van der Waals surface area contributed by atoms with E-state index in [4.69, 9.17) is 14.5 Å². The highest BCUT2D eigenvalue weighted by Crippen LogP contribution is 2.16. The topological polar surface area (TPSA) is 59.0 Å². The Hall–Kier alpha value is -2.60. The van der Waals surface area contributed by atoms with Crippen molar-refractivity contribution in [3.8, 4) is 5.88 Å². The first-order chi connectivity index (χ1) is 13.2. The van der Waals surface area contributed by atoms with Crippen molar-refractivity contribution >= 4 is 5.96 Å². The molecule has 1 heterocycles. The lowest BCUT2D eigenvalue weighted by Gasteiger charge is -2.23. The summed E-state index contributed by atoms with van der Waals surface area (Å²) >= 11 is 0. The van der Waals surface area contributed by atoms with Gasteiger partial charge in [0.1, 0.15) is 6.61 Å². The molecule has 0 bridgehead atoms. The average molecular weight is 370 g/mol. The van der Waals surface area contributed by atoms with Gasteiger partial charge in [-0.15, -0.1) is 0 Å². The van der Waals surface area contributed by atoms with Gasteiger partial charge in [-0.3, -0.25) is 0 Å². The van der Waals surface area contributed by atoms with Crippen LogP contribution in [0.5, 0.6) is 5.88 Å². The maximum Gasteiger partial charge on any atom is 0.218 e. The fourth-order valence-corrected chi connectivity index (χ4v) is 2.64. The van der Waals surface area contributed by atoms with Crippen LogP contribution in [-0.2, 0) is 17.8 Å². The van der Waals surface area contributed by atoms with Gasteiger partial charge in [-0.2, -0.15) is 0 Å². The highest BCUT2D eigenvalue weighted by atomic mass is 16.5. The van der Waals surface area contributed by atoms with Crippen LogP contribution in [0.15, 0.2) is 47.6 Å². The number of nitrogens with one attached hydrogen (secondary N) is 1. The van der Waals surface area contributed by atoms with Gasteiger partial charge in [0.15, 0.2) is 5.96 Å². The van der Waals surface area contributed by atoms with E-state index in [0.717, 1.165) is 24.6 Å². The number of aryl methyl sites for hydroxylation is 1. The Morgan fingerprint density at radius 2 is 1.93 bits per heavy atom. The van der Waals surface area contributed by atoms with E-state index >= 15 is 0 Å². The van der Waals surface area contributed by atoms with Crippen LogP contribution >= 0.6 is 0 Å². The van der Waals surface area contributed by atoms with Crippen molar-refractivity contribution in [2.75, 3.05) is 33.9 Å². The van der Waals surface area contributed by atoms with Gasteiger partial charge < -0.3 is 19.7 Å². The van der Waals surface area contributed by atoms with Gasteiger partial charge in [-0.05, 0) is 31.0 Å². The first-order valence-corrected chi connectivity index (χ1v) is 9.25. The normalized spacial score (nSPS) is 11.3. The van der Waals surface area contributed by atoms with E-state index in [2.05, 4.69) is 53.3 Å². The molecular formula is C21H30N4O2. The summed E-state index contributed by atoms with van der Waals surface area (Å²) in [6.07, 6.45) is 1.73. The second-order valence-electron chi connectivity index (χ2n) is 6.26. The molecular weight excluding hydrogens is 340 g/mol. The molecule has 6 heteroatoms. The van der Waals surface area contributed by atoms with Crippen molar-refractivity contribution in [2.24, 2.45) is 4.99 Å². The zero-order chi connectivity index (χ0) is 19.5. The van der Waals surface area contributed by atoms with Gasteiger partial charge in [0.25, 0.3) is 0 Å². The third kappa shape index (κ3) is 6.57. The van der Waals surface area contributed by atoms with Crippen molar-refractivity contribution in [3.63, 3.8) is 0 Å². The summed E-state index contributed by atoms with van der Waals surface area (Å²) in [5.41, 5.74) is 3.52. The summed E-state index contributed by atoms with van der Waals surface area (Å²) in [6, 6.07) is 12.3. The highest BCUT2D eigenvalue weighted by molar-refractivity contribution is 5.79. The van der Waals surface area contributed by atoms with Gasteiger partial charge in [0.2, 0.25) is 5.88 Å². The molecule has 0 unspecified atom stereocenters. The first kappa shape index (κ1) is 20.7. The smallest absolute Gasteiger partial charge is 0.218 e. The Morgan fingerprint density at radius 3 is 2.67 bits per heavy atom. The van der Waals surface area contributed by atoms with Gasteiger partial charge >= 0.3 is 0 Å². The van der Waals surface area contributed by atoms with Gasteiger partial charge in [0.05, 0.1) is 13.2 Å². The van der Waals surface area contributed by atoms with Crippen molar-refractivity contribution < 1.29 is 9.47 Å². The van der Waals surface area contributed by atoms with Crippen molar-refractivity contribution in [3.05, 3.63) is 59.3 Å². The molecule has 1 aromatic carbocycles. The van der Waals surface area contributed by atoms with Crippen molar-refractivity contribution in [2.45, 2.75) is 26.9 Å². The van der Waals surface area contributed by atoms with Crippen LogP contribution in [0.25, 0.3) is 0 Å². The second-order valence-corrected chi connectivity index (χ2v) is 6.26. The minimum Gasteiger partial charge on any atom is -0.475 e. The third-order valence-electron chi connectivity index (χ3n) is 4.14.